The van der Waals surface area contributed by atoms with Gasteiger partial charge in [-0.2, -0.15) is 0 Å². The number of benzene rings is 1. The summed E-state index contributed by atoms with van der Waals surface area (Å²) in [5, 5.41) is 4.17. The van der Waals surface area contributed by atoms with Crippen molar-refractivity contribution in [1.82, 2.24) is 19.9 Å². The summed E-state index contributed by atoms with van der Waals surface area (Å²) in [6.45, 7) is 1.98. The topological polar surface area (TPSA) is 76.7 Å². The fraction of sp³-hybridized carbons (Fsp3) is 0.190. The Kier molecular flexibility index (Phi) is 4.09. The summed E-state index contributed by atoms with van der Waals surface area (Å²) in [6.07, 6.45) is 7.30. The molecule has 138 valence electrons. The van der Waals surface area contributed by atoms with Crippen molar-refractivity contribution in [1.29, 1.82) is 0 Å². The largest absolute Gasteiger partial charge is 0.463 e. The molecule has 3 heterocycles. The predicted molar refractivity (Wildman–Crippen MR) is 112 cm³/mol. The van der Waals surface area contributed by atoms with E-state index < -0.39 is 0 Å². The Morgan fingerprint density at radius 3 is 2.86 bits per heavy atom. The van der Waals surface area contributed by atoms with Crippen molar-refractivity contribution in [3.8, 4) is 22.6 Å². The number of hydrogen-bond acceptors (Lipinski definition) is 6. The van der Waals surface area contributed by atoms with Crippen LogP contribution in [0.4, 0.5) is 5.95 Å². The molecule has 0 amide bonds. The van der Waals surface area contributed by atoms with E-state index >= 15 is 0 Å². The first-order chi connectivity index (χ1) is 13.7. The summed E-state index contributed by atoms with van der Waals surface area (Å²) in [5.41, 5.74) is 4.41. The van der Waals surface area contributed by atoms with E-state index in [1.807, 2.05) is 37.4 Å². The van der Waals surface area contributed by atoms with Gasteiger partial charge >= 0.3 is 0 Å². The summed E-state index contributed by atoms with van der Waals surface area (Å²) >= 11 is 5.43. The van der Waals surface area contributed by atoms with Gasteiger partial charge in [0.1, 0.15) is 12.0 Å². The maximum atomic E-state index is 5.64. The van der Waals surface area contributed by atoms with Gasteiger partial charge in [-0.1, -0.05) is 18.3 Å². The lowest BCUT2D eigenvalue weighted by Gasteiger charge is -2.11. The third kappa shape index (κ3) is 3.14. The molecule has 0 unspecified atom stereocenters. The van der Waals surface area contributed by atoms with Gasteiger partial charge in [-0.25, -0.2) is 19.9 Å². The van der Waals surface area contributed by atoms with Crippen LogP contribution in [-0.2, 0) is 0 Å². The van der Waals surface area contributed by atoms with Gasteiger partial charge in [0, 0.05) is 28.8 Å². The molecule has 0 spiro atoms. The van der Waals surface area contributed by atoms with E-state index in [2.05, 4.69) is 26.3 Å². The van der Waals surface area contributed by atoms with Gasteiger partial charge in [-0.05, 0) is 49.6 Å². The molecular formula is C21H17N5OS. The second-order valence-electron chi connectivity index (χ2n) is 6.89. The van der Waals surface area contributed by atoms with Gasteiger partial charge in [0.25, 0.3) is 0 Å². The molecule has 0 bridgehead atoms. The van der Waals surface area contributed by atoms with Crippen LogP contribution in [0.1, 0.15) is 18.5 Å². The number of rotatable bonds is 4. The zero-order chi connectivity index (χ0) is 19.1. The lowest BCUT2D eigenvalue weighted by molar-refractivity contribution is 0.580. The molecule has 0 saturated heterocycles. The lowest BCUT2D eigenvalue weighted by Crippen LogP contribution is -2.13. The first-order valence-corrected chi connectivity index (χ1v) is 9.53. The van der Waals surface area contributed by atoms with E-state index in [4.69, 9.17) is 21.6 Å². The summed E-state index contributed by atoms with van der Waals surface area (Å²) in [4.78, 5) is 18.6. The van der Waals surface area contributed by atoms with Gasteiger partial charge < -0.3 is 9.73 Å². The van der Waals surface area contributed by atoms with E-state index in [0.717, 1.165) is 51.2 Å². The molecule has 28 heavy (non-hydrogen) atoms. The molecule has 5 rings (SSSR count). The van der Waals surface area contributed by atoms with Gasteiger partial charge in [-0.15, -0.1) is 0 Å². The van der Waals surface area contributed by atoms with Crippen LogP contribution in [0, 0.1) is 12.8 Å². The van der Waals surface area contributed by atoms with E-state index in [1.54, 1.807) is 12.6 Å². The van der Waals surface area contributed by atoms with Crippen LogP contribution in [0.3, 0.4) is 0 Å². The highest BCUT2D eigenvalue weighted by molar-refractivity contribution is 7.80. The lowest BCUT2D eigenvalue weighted by atomic mass is 10.0. The molecule has 7 heteroatoms. The van der Waals surface area contributed by atoms with E-state index in [1.165, 1.54) is 0 Å². The number of anilines is 1. The van der Waals surface area contributed by atoms with Crippen LogP contribution in [0.2, 0.25) is 0 Å². The van der Waals surface area contributed by atoms with Crippen LogP contribution in [0.5, 0.6) is 0 Å². The van der Waals surface area contributed by atoms with Crippen LogP contribution in [-0.4, -0.2) is 24.9 Å². The Morgan fingerprint density at radius 1 is 1.18 bits per heavy atom. The third-order valence-corrected chi connectivity index (χ3v) is 5.31. The number of furan rings is 1. The fourth-order valence-electron chi connectivity index (χ4n) is 3.17. The van der Waals surface area contributed by atoms with Gasteiger partial charge in [0.05, 0.1) is 16.8 Å². The molecule has 1 aliphatic carbocycles. The van der Waals surface area contributed by atoms with Crippen molar-refractivity contribution >= 4 is 34.1 Å². The maximum absolute atomic E-state index is 5.64. The van der Waals surface area contributed by atoms with Crippen LogP contribution in [0.25, 0.3) is 33.5 Å². The number of aromatic nitrogens is 4. The molecular weight excluding hydrogens is 370 g/mol. The number of nitrogens with zero attached hydrogens (tertiary/aromatic N) is 4. The monoisotopic (exact) mass is 387 g/mol. The molecule has 1 fully saturated rings. The first kappa shape index (κ1) is 16.9. The quantitative estimate of drug-likeness (QED) is 0.504. The number of thiocarbonyl (C=S) groups is 1. The van der Waals surface area contributed by atoms with Crippen molar-refractivity contribution in [2.24, 2.45) is 5.92 Å². The van der Waals surface area contributed by atoms with Crippen molar-refractivity contribution in [2.45, 2.75) is 19.8 Å². The molecule has 1 aliphatic rings. The maximum Gasteiger partial charge on any atom is 0.228 e. The molecule has 1 aromatic carbocycles. The number of hydrogen-bond donors (Lipinski definition) is 1. The standard InChI is InChI=1S/C21H17N5OS/c1-12-15-9-14(6-7-17(15)24-11-23-12)16-10-22-21(26-20(28)13-4-5-13)25-19(16)18-3-2-8-27-18/h2-3,6-11,13H,4-5H2,1H3,(H,22,25,26,28). The minimum absolute atomic E-state index is 0.453. The molecule has 0 radical (unpaired) electrons. The number of fused-ring (bicyclic) bond motifs is 1. The van der Waals surface area contributed by atoms with Gasteiger partial charge in [0.2, 0.25) is 5.95 Å². The Bertz CT molecular complexity index is 1180. The molecule has 4 aromatic rings. The SMILES string of the molecule is Cc1ncnc2ccc(-c3cnc(NC(=S)C4CC4)nc3-c3ccco3)cc12. The second kappa shape index (κ2) is 6.76. The zero-order valence-electron chi connectivity index (χ0n) is 15.2. The van der Waals surface area contributed by atoms with Crippen LogP contribution in [0.15, 0.2) is 53.5 Å². The van der Waals surface area contributed by atoms with Crippen molar-refractivity contribution < 1.29 is 4.42 Å². The first-order valence-electron chi connectivity index (χ1n) is 9.12. The molecule has 0 atom stereocenters. The van der Waals surface area contributed by atoms with Crippen LogP contribution < -0.4 is 5.32 Å². The summed E-state index contributed by atoms with van der Waals surface area (Å²) in [7, 11) is 0. The molecule has 3 aromatic heterocycles. The van der Waals surface area contributed by atoms with Crippen molar-refractivity contribution in [2.75, 3.05) is 5.32 Å². The van der Waals surface area contributed by atoms with E-state index in [0.29, 0.717) is 17.6 Å². The molecule has 1 N–H and O–H groups in total. The summed E-state index contributed by atoms with van der Waals surface area (Å²) < 4.78 is 5.64. The van der Waals surface area contributed by atoms with Crippen molar-refractivity contribution in [3.63, 3.8) is 0 Å². The highest BCUT2D eigenvalue weighted by atomic mass is 32.1. The van der Waals surface area contributed by atoms with E-state index in [9.17, 15) is 0 Å². The Balaban J connectivity index is 1.62. The predicted octanol–water partition coefficient (Wildman–Crippen LogP) is 4.80. The van der Waals surface area contributed by atoms with E-state index in [-0.39, 0.29) is 0 Å². The minimum atomic E-state index is 0.453. The van der Waals surface area contributed by atoms with Gasteiger partial charge in [0.15, 0.2) is 5.76 Å². The average Bonchev–Trinajstić information content (AvgIpc) is 3.43. The molecule has 1 saturated carbocycles. The second-order valence-corrected chi connectivity index (χ2v) is 7.33. The zero-order valence-corrected chi connectivity index (χ0v) is 16.0. The van der Waals surface area contributed by atoms with Crippen molar-refractivity contribution in [3.05, 3.63) is 54.8 Å². The highest BCUT2D eigenvalue weighted by Crippen LogP contribution is 2.34. The highest BCUT2D eigenvalue weighted by Gasteiger charge is 2.27. The number of aryl methyl sites for hydroxylation is 1. The summed E-state index contributed by atoms with van der Waals surface area (Å²) in [6, 6.07) is 9.81. The Hall–Kier alpha value is -3.19. The number of nitrogens with one attached hydrogen (secondary N) is 1. The van der Waals surface area contributed by atoms with Gasteiger partial charge in [-0.3, -0.25) is 0 Å². The Labute approximate surface area is 167 Å². The molecule has 6 nitrogen and oxygen atoms in total. The Morgan fingerprint density at radius 2 is 2.07 bits per heavy atom. The fourth-order valence-corrected chi connectivity index (χ4v) is 3.49. The normalized spacial score (nSPS) is 13.6. The van der Waals surface area contributed by atoms with Crippen LogP contribution >= 0.6 is 12.2 Å². The third-order valence-electron chi connectivity index (χ3n) is 4.87. The molecule has 0 aliphatic heterocycles. The minimum Gasteiger partial charge on any atom is -0.463 e. The smallest absolute Gasteiger partial charge is 0.228 e. The average molecular weight is 387 g/mol. The summed E-state index contributed by atoms with van der Waals surface area (Å²) in [5.74, 6) is 1.63.